The molecular weight excluding hydrogens is 335 g/mol. The van der Waals surface area contributed by atoms with Gasteiger partial charge in [-0.15, -0.1) is 0 Å². The fourth-order valence-corrected chi connectivity index (χ4v) is 4.12. The average molecular weight is 352 g/mol. The van der Waals surface area contributed by atoms with Gasteiger partial charge in [-0.25, -0.2) is 4.39 Å². The van der Waals surface area contributed by atoms with Crippen LogP contribution in [0.25, 0.3) is 6.08 Å². The lowest BCUT2D eigenvalue weighted by molar-refractivity contribution is -0.113. The van der Waals surface area contributed by atoms with E-state index in [9.17, 15) is 9.18 Å². The number of rotatable bonds is 2. The highest BCUT2D eigenvalue weighted by Gasteiger charge is 2.31. The molecule has 0 radical (unpaired) electrons. The van der Waals surface area contributed by atoms with Crippen molar-refractivity contribution in [3.05, 3.63) is 76.4 Å². The van der Waals surface area contributed by atoms with Crippen molar-refractivity contribution < 1.29 is 9.18 Å². The Morgan fingerprint density at radius 3 is 2.64 bits per heavy atom. The van der Waals surface area contributed by atoms with E-state index in [1.54, 1.807) is 18.2 Å². The molecule has 1 amide bonds. The Morgan fingerprint density at radius 1 is 1.12 bits per heavy atom. The molecule has 5 heteroatoms. The quantitative estimate of drug-likeness (QED) is 0.756. The number of amidine groups is 1. The van der Waals surface area contributed by atoms with Crippen LogP contribution in [-0.2, 0) is 4.79 Å². The van der Waals surface area contributed by atoms with E-state index in [1.165, 1.54) is 29.5 Å². The highest BCUT2D eigenvalue weighted by atomic mass is 32.2. The SMILES string of the molecule is O=C1N=C(N2CC[C@H](c3ccccc3)C2)S/C1=C\c1ccc(F)cc1. The van der Waals surface area contributed by atoms with E-state index in [-0.39, 0.29) is 11.7 Å². The van der Waals surface area contributed by atoms with Crippen molar-refractivity contribution in [1.82, 2.24) is 4.90 Å². The molecule has 25 heavy (non-hydrogen) atoms. The third kappa shape index (κ3) is 3.51. The molecular formula is C20H17FN2OS. The molecule has 0 saturated carbocycles. The van der Waals surface area contributed by atoms with E-state index in [2.05, 4.69) is 34.2 Å². The van der Waals surface area contributed by atoms with Crippen molar-refractivity contribution in [3.63, 3.8) is 0 Å². The minimum atomic E-state index is -0.284. The van der Waals surface area contributed by atoms with Crippen molar-refractivity contribution in [1.29, 1.82) is 0 Å². The number of hydrogen-bond donors (Lipinski definition) is 0. The van der Waals surface area contributed by atoms with Gasteiger partial charge in [-0.2, -0.15) is 4.99 Å². The number of carbonyl (C=O) groups excluding carboxylic acids is 1. The number of halogens is 1. The van der Waals surface area contributed by atoms with E-state index in [0.717, 1.165) is 30.2 Å². The Balaban J connectivity index is 1.45. The molecule has 2 aliphatic rings. The maximum absolute atomic E-state index is 13.0. The normalized spacial score (nSPS) is 21.9. The molecule has 0 unspecified atom stereocenters. The van der Waals surface area contributed by atoms with Crippen LogP contribution in [0.1, 0.15) is 23.5 Å². The van der Waals surface area contributed by atoms with Gasteiger partial charge in [-0.1, -0.05) is 42.5 Å². The Kier molecular flexibility index (Phi) is 4.40. The molecule has 0 aliphatic carbocycles. The Bertz CT molecular complexity index is 846. The highest BCUT2D eigenvalue weighted by molar-refractivity contribution is 8.18. The molecule has 0 spiro atoms. The fourth-order valence-electron chi connectivity index (χ4n) is 3.17. The number of amides is 1. The van der Waals surface area contributed by atoms with E-state index in [4.69, 9.17) is 0 Å². The van der Waals surface area contributed by atoms with Crippen LogP contribution < -0.4 is 0 Å². The van der Waals surface area contributed by atoms with Gasteiger partial charge in [0.1, 0.15) is 5.82 Å². The smallest absolute Gasteiger partial charge is 0.286 e. The zero-order chi connectivity index (χ0) is 17.2. The van der Waals surface area contributed by atoms with Gasteiger partial charge in [0.25, 0.3) is 5.91 Å². The van der Waals surface area contributed by atoms with Crippen molar-refractivity contribution >= 4 is 28.9 Å². The first kappa shape index (κ1) is 16.1. The standard InChI is InChI=1S/C20H17FN2OS/c21-17-8-6-14(7-9-17)12-18-19(24)22-20(25-18)23-11-10-16(13-23)15-4-2-1-3-5-15/h1-9,12,16H,10-11,13H2/b18-12-/t16-/m0/s1. The molecule has 2 aromatic carbocycles. The summed E-state index contributed by atoms with van der Waals surface area (Å²) in [5.41, 5.74) is 2.14. The second-order valence-corrected chi connectivity index (χ2v) is 7.21. The summed E-state index contributed by atoms with van der Waals surface area (Å²) in [4.78, 5) is 19.2. The van der Waals surface area contributed by atoms with Crippen molar-refractivity contribution in [2.24, 2.45) is 4.99 Å². The first-order valence-electron chi connectivity index (χ1n) is 8.27. The Morgan fingerprint density at radius 2 is 1.88 bits per heavy atom. The second-order valence-electron chi connectivity index (χ2n) is 6.20. The molecule has 3 nitrogen and oxygen atoms in total. The largest absolute Gasteiger partial charge is 0.350 e. The number of benzene rings is 2. The van der Waals surface area contributed by atoms with Gasteiger partial charge < -0.3 is 4.90 Å². The molecule has 2 heterocycles. The maximum Gasteiger partial charge on any atom is 0.286 e. The highest BCUT2D eigenvalue weighted by Crippen LogP contribution is 2.35. The van der Waals surface area contributed by atoms with Gasteiger partial charge in [0, 0.05) is 19.0 Å². The summed E-state index contributed by atoms with van der Waals surface area (Å²) in [7, 11) is 0. The van der Waals surface area contributed by atoms with Crippen LogP contribution in [0.2, 0.25) is 0 Å². The number of hydrogen-bond acceptors (Lipinski definition) is 3. The molecule has 0 aromatic heterocycles. The third-order valence-corrected chi connectivity index (χ3v) is 5.55. The number of nitrogens with zero attached hydrogens (tertiary/aromatic N) is 2. The molecule has 4 rings (SSSR count). The number of aliphatic imine (C=N–C) groups is 1. The summed E-state index contributed by atoms with van der Waals surface area (Å²) in [6.45, 7) is 1.79. The lowest BCUT2D eigenvalue weighted by atomic mass is 9.99. The van der Waals surface area contributed by atoms with E-state index >= 15 is 0 Å². The zero-order valence-electron chi connectivity index (χ0n) is 13.6. The molecule has 1 fully saturated rings. The molecule has 0 N–H and O–H groups in total. The van der Waals surface area contributed by atoms with Gasteiger partial charge in [0.15, 0.2) is 5.17 Å². The summed E-state index contributed by atoms with van der Waals surface area (Å²) >= 11 is 1.41. The van der Waals surface area contributed by atoms with Crippen LogP contribution in [0.3, 0.4) is 0 Å². The second kappa shape index (κ2) is 6.84. The van der Waals surface area contributed by atoms with Gasteiger partial charge in [0.2, 0.25) is 0 Å². The lowest BCUT2D eigenvalue weighted by Gasteiger charge is -2.17. The zero-order valence-corrected chi connectivity index (χ0v) is 14.4. The lowest BCUT2D eigenvalue weighted by Crippen LogP contribution is -2.24. The molecule has 2 aliphatic heterocycles. The minimum absolute atomic E-state index is 0.215. The van der Waals surface area contributed by atoms with Crippen LogP contribution in [0.5, 0.6) is 0 Å². The van der Waals surface area contributed by atoms with Crippen LogP contribution in [0.4, 0.5) is 4.39 Å². The first-order chi connectivity index (χ1) is 12.2. The minimum Gasteiger partial charge on any atom is -0.350 e. The molecule has 0 bridgehead atoms. The van der Waals surface area contributed by atoms with Crippen molar-refractivity contribution in [2.45, 2.75) is 12.3 Å². The van der Waals surface area contributed by atoms with Crippen LogP contribution >= 0.6 is 11.8 Å². The topological polar surface area (TPSA) is 32.7 Å². The summed E-state index contributed by atoms with van der Waals surface area (Å²) in [5, 5.41) is 0.775. The van der Waals surface area contributed by atoms with Crippen molar-refractivity contribution in [2.75, 3.05) is 13.1 Å². The van der Waals surface area contributed by atoms with Crippen LogP contribution in [-0.4, -0.2) is 29.1 Å². The van der Waals surface area contributed by atoms with Gasteiger partial charge in [0.05, 0.1) is 4.91 Å². The van der Waals surface area contributed by atoms with Gasteiger partial charge in [-0.3, -0.25) is 4.79 Å². The predicted octanol–water partition coefficient (Wildman–Crippen LogP) is 4.29. The van der Waals surface area contributed by atoms with E-state index in [1.807, 2.05) is 6.07 Å². The summed E-state index contributed by atoms with van der Waals surface area (Å²) in [6.07, 6.45) is 2.84. The molecule has 126 valence electrons. The van der Waals surface area contributed by atoms with Crippen LogP contribution in [0.15, 0.2) is 64.5 Å². The number of thioether (sulfide) groups is 1. The fraction of sp³-hybridized carbons (Fsp3) is 0.200. The Labute approximate surface area is 150 Å². The number of likely N-dealkylation sites (tertiary alicyclic amines) is 1. The van der Waals surface area contributed by atoms with E-state index < -0.39 is 0 Å². The predicted molar refractivity (Wildman–Crippen MR) is 99.8 cm³/mol. The maximum atomic E-state index is 13.0. The van der Waals surface area contributed by atoms with Gasteiger partial charge in [-0.05, 0) is 47.5 Å². The molecule has 1 saturated heterocycles. The number of carbonyl (C=O) groups is 1. The first-order valence-corrected chi connectivity index (χ1v) is 9.09. The molecule has 1 atom stereocenters. The summed E-state index contributed by atoms with van der Waals surface area (Å²) < 4.78 is 13.0. The average Bonchev–Trinajstić information content (AvgIpc) is 3.25. The van der Waals surface area contributed by atoms with Crippen molar-refractivity contribution in [3.8, 4) is 0 Å². The third-order valence-electron chi connectivity index (χ3n) is 4.51. The summed E-state index contributed by atoms with van der Waals surface area (Å²) in [6, 6.07) is 16.6. The monoisotopic (exact) mass is 352 g/mol. The molecule has 2 aromatic rings. The Hall–Kier alpha value is -2.40. The van der Waals surface area contributed by atoms with E-state index in [0.29, 0.717) is 10.8 Å². The summed E-state index contributed by atoms with van der Waals surface area (Å²) in [5.74, 6) is -0.0225. The van der Waals surface area contributed by atoms with Gasteiger partial charge >= 0.3 is 0 Å². The van der Waals surface area contributed by atoms with Crippen LogP contribution in [0, 0.1) is 5.82 Å².